The third kappa shape index (κ3) is 7.50. The number of carbonyl (C=O) groups is 1. The Bertz CT molecular complexity index is 1450. The van der Waals surface area contributed by atoms with Crippen molar-refractivity contribution in [1.29, 1.82) is 0 Å². The first kappa shape index (κ1) is 29.6. The van der Waals surface area contributed by atoms with E-state index in [4.69, 9.17) is 16.3 Å². The number of carbonyl (C=O) groups excluding carboxylic acids is 1. The lowest BCUT2D eigenvalue weighted by Gasteiger charge is -2.35. The number of anilines is 1. The van der Waals surface area contributed by atoms with Gasteiger partial charge in [0.1, 0.15) is 5.75 Å². The van der Waals surface area contributed by atoms with Gasteiger partial charge in [0.25, 0.3) is 0 Å². The summed E-state index contributed by atoms with van der Waals surface area (Å²) in [5, 5.41) is 7.20. The van der Waals surface area contributed by atoms with E-state index in [2.05, 4.69) is 39.0 Å². The molecule has 6 N–H and O–H groups in total. The molecule has 0 atom stereocenters. The van der Waals surface area contributed by atoms with Gasteiger partial charge in [0.2, 0.25) is 0 Å². The molecule has 0 bridgehead atoms. The molecule has 3 heterocycles. The minimum absolute atomic E-state index is 0.0384. The van der Waals surface area contributed by atoms with Crippen molar-refractivity contribution in [3.63, 3.8) is 0 Å². The van der Waals surface area contributed by atoms with Crippen LogP contribution in [0.5, 0.6) is 11.5 Å². The van der Waals surface area contributed by atoms with Crippen molar-refractivity contribution in [3.05, 3.63) is 65.7 Å². The Kier molecular flexibility index (Phi) is 9.45. The van der Waals surface area contributed by atoms with Gasteiger partial charge in [-0.3, -0.25) is 4.98 Å². The lowest BCUT2D eigenvalue weighted by atomic mass is 10.2. The van der Waals surface area contributed by atoms with E-state index < -0.39 is 5.82 Å². The molecule has 0 unspecified atom stereocenters. The van der Waals surface area contributed by atoms with Crippen LogP contribution in [0.15, 0.2) is 55.0 Å². The third-order valence-electron chi connectivity index (χ3n) is 7.67. The molecule has 1 aliphatic heterocycles. The van der Waals surface area contributed by atoms with Gasteiger partial charge in [-0.15, -0.1) is 11.3 Å². The predicted molar refractivity (Wildman–Crippen MR) is 166 cm³/mol. The molecule has 5 rings (SSSR count). The average molecular weight is 595 g/mol. The zero-order valence-corrected chi connectivity index (χ0v) is 24.8. The Labute approximate surface area is 249 Å². The van der Waals surface area contributed by atoms with E-state index in [1.807, 2.05) is 6.07 Å². The van der Waals surface area contributed by atoms with E-state index in [0.29, 0.717) is 29.2 Å². The topological polar surface area (TPSA) is 125 Å². The summed E-state index contributed by atoms with van der Waals surface area (Å²) in [5.41, 5.74) is 9.00. The minimum atomic E-state index is -0.591. The SMILES string of the molecule is C=C(CCN(N)/C=C(\N)c1cc2nccc(Oc3ccc(NC(=O)NC4CCCC4)cc3F)c2s1)N1CCN(C)CC1. The maximum absolute atomic E-state index is 15.0. The molecule has 10 nitrogen and oxygen atoms in total. The third-order valence-corrected chi connectivity index (χ3v) is 8.86. The molecule has 2 amide bonds. The van der Waals surface area contributed by atoms with Crippen LogP contribution in [0.1, 0.15) is 37.0 Å². The monoisotopic (exact) mass is 594 g/mol. The van der Waals surface area contributed by atoms with E-state index in [-0.39, 0.29) is 17.8 Å². The van der Waals surface area contributed by atoms with Crippen molar-refractivity contribution < 1.29 is 13.9 Å². The first-order valence-electron chi connectivity index (χ1n) is 14.3. The molecule has 1 aliphatic carbocycles. The van der Waals surface area contributed by atoms with Crippen LogP contribution in [0.25, 0.3) is 15.9 Å². The highest BCUT2D eigenvalue weighted by molar-refractivity contribution is 7.20. The summed E-state index contributed by atoms with van der Waals surface area (Å²) in [7, 11) is 2.13. The lowest BCUT2D eigenvalue weighted by Crippen LogP contribution is -2.44. The van der Waals surface area contributed by atoms with E-state index in [1.54, 1.807) is 29.5 Å². The molecule has 42 heavy (non-hydrogen) atoms. The molecule has 3 aromatic rings. The Hall–Kier alpha value is -3.87. The number of benzene rings is 1. The second-order valence-corrected chi connectivity index (χ2v) is 11.9. The zero-order valence-electron chi connectivity index (χ0n) is 23.9. The van der Waals surface area contributed by atoms with Crippen LogP contribution in [0, 0.1) is 5.82 Å². The number of likely N-dealkylation sites (N-methyl/N-ethyl adjacent to an activating group) is 1. The van der Waals surface area contributed by atoms with Gasteiger partial charge in [0.15, 0.2) is 11.6 Å². The summed E-state index contributed by atoms with van der Waals surface area (Å²) in [6.45, 7) is 8.81. The van der Waals surface area contributed by atoms with Crippen LogP contribution < -0.4 is 26.9 Å². The van der Waals surface area contributed by atoms with Gasteiger partial charge in [-0.1, -0.05) is 19.4 Å². The van der Waals surface area contributed by atoms with Crippen LogP contribution in [-0.4, -0.2) is 71.6 Å². The number of rotatable bonds is 10. The summed E-state index contributed by atoms with van der Waals surface area (Å²) >= 11 is 1.39. The number of aromatic nitrogens is 1. The highest BCUT2D eigenvalue weighted by Gasteiger charge is 2.19. The molecule has 0 spiro atoms. The molecule has 1 saturated carbocycles. The van der Waals surface area contributed by atoms with Gasteiger partial charge in [-0.2, -0.15) is 0 Å². The van der Waals surface area contributed by atoms with E-state index in [9.17, 15) is 9.18 Å². The maximum Gasteiger partial charge on any atom is 0.319 e. The fraction of sp³-hybridized carbons (Fsp3) is 0.400. The van der Waals surface area contributed by atoms with Gasteiger partial charge >= 0.3 is 6.03 Å². The fourth-order valence-electron chi connectivity index (χ4n) is 5.19. The summed E-state index contributed by atoms with van der Waals surface area (Å²) < 4.78 is 21.6. The number of hydrazine groups is 1. The molecule has 2 aliphatic rings. The lowest BCUT2D eigenvalue weighted by molar-refractivity contribution is 0.180. The van der Waals surface area contributed by atoms with Gasteiger partial charge in [0, 0.05) is 81.1 Å². The maximum atomic E-state index is 15.0. The second kappa shape index (κ2) is 13.4. The number of amides is 2. The van der Waals surface area contributed by atoms with Crippen LogP contribution >= 0.6 is 11.3 Å². The second-order valence-electron chi connectivity index (χ2n) is 10.9. The molecule has 224 valence electrons. The number of nitrogens with two attached hydrogens (primary N) is 2. The summed E-state index contributed by atoms with van der Waals surface area (Å²) in [4.78, 5) is 22.1. The minimum Gasteiger partial charge on any atom is -0.453 e. The first-order chi connectivity index (χ1) is 20.2. The number of piperazine rings is 1. The molecule has 1 saturated heterocycles. The number of fused-ring (bicyclic) bond motifs is 1. The van der Waals surface area contributed by atoms with Crippen LogP contribution in [0.3, 0.4) is 0 Å². The quantitative estimate of drug-likeness (QED) is 0.194. The Morgan fingerprint density at radius 3 is 2.71 bits per heavy atom. The van der Waals surface area contributed by atoms with Crippen molar-refractivity contribution in [2.45, 2.75) is 38.1 Å². The van der Waals surface area contributed by atoms with Gasteiger partial charge in [-0.05, 0) is 38.1 Å². The number of hydrogen-bond acceptors (Lipinski definition) is 9. The Morgan fingerprint density at radius 2 is 1.98 bits per heavy atom. The van der Waals surface area contributed by atoms with Crippen molar-refractivity contribution in [2.24, 2.45) is 11.6 Å². The van der Waals surface area contributed by atoms with Crippen LogP contribution in [-0.2, 0) is 0 Å². The van der Waals surface area contributed by atoms with Crippen molar-refractivity contribution in [2.75, 3.05) is 45.1 Å². The average Bonchev–Trinajstić information content (AvgIpc) is 3.64. The summed E-state index contributed by atoms with van der Waals surface area (Å²) in [6.07, 6.45) is 8.22. The number of nitrogens with zero attached hydrogens (tertiary/aromatic N) is 4. The molecule has 12 heteroatoms. The van der Waals surface area contributed by atoms with Gasteiger partial charge in [-0.25, -0.2) is 15.0 Å². The van der Waals surface area contributed by atoms with Crippen molar-refractivity contribution in [3.8, 4) is 11.5 Å². The highest BCUT2D eigenvalue weighted by atomic mass is 32.1. The Morgan fingerprint density at radius 1 is 1.21 bits per heavy atom. The summed E-state index contributed by atoms with van der Waals surface area (Å²) in [5.74, 6) is 6.14. The Balaban J connectivity index is 1.20. The number of halogens is 1. The van der Waals surface area contributed by atoms with Crippen LogP contribution in [0.4, 0.5) is 14.9 Å². The zero-order chi connectivity index (χ0) is 29.6. The molecule has 1 aromatic carbocycles. The molecule has 2 aromatic heterocycles. The molecular formula is C30H39FN8O2S. The van der Waals surface area contributed by atoms with Crippen molar-refractivity contribution >= 4 is 39.0 Å². The largest absolute Gasteiger partial charge is 0.453 e. The number of nitrogens with one attached hydrogen (secondary N) is 2. The molecule has 0 radical (unpaired) electrons. The fourth-order valence-corrected chi connectivity index (χ4v) is 6.17. The number of pyridine rings is 1. The van der Waals surface area contributed by atoms with Gasteiger partial charge < -0.3 is 35.9 Å². The number of urea groups is 1. The normalized spacial score (nSPS) is 16.5. The molecule has 2 fully saturated rings. The number of thiophene rings is 1. The standard InChI is InChI=1S/C30H39FN8O2S/c1-20(38-15-13-37(2)14-16-38)10-12-39(33)19-24(32)28-18-25-29(42-28)27(9-11-34-25)41-26-8-7-22(17-23(26)31)36-30(40)35-21-5-3-4-6-21/h7-9,11,17-19,21H,1,3-6,10,12-16,32-33H2,2H3,(H2,35,36,40)/b24-19-. The predicted octanol–water partition coefficient (Wildman–Crippen LogP) is 4.88. The van der Waals surface area contributed by atoms with E-state index >= 15 is 0 Å². The number of ether oxygens (including phenoxy) is 1. The summed E-state index contributed by atoms with van der Waals surface area (Å²) in [6, 6.07) is 7.74. The van der Waals surface area contributed by atoms with Crippen LogP contribution in [0.2, 0.25) is 0 Å². The van der Waals surface area contributed by atoms with Crippen molar-refractivity contribution in [1.82, 2.24) is 25.1 Å². The highest BCUT2D eigenvalue weighted by Crippen LogP contribution is 2.37. The molecular weight excluding hydrogens is 555 g/mol. The van der Waals surface area contributed by atoms with Gasteiger partial charge in [0.05, 0.1) is 20.8 Å². The number of hydrogen-bond donors (Lipinski definition) is 4. The van der Waals surface area contributed by atoms with E-state index in [1.165, 1.54) is 23.5 Å². The van der Waals surface area contributed by atoms with E-state index in [0.717, 1.165) is 73.6 Å². The smallest absolute Gasteiger partial charge is 0.319 e. The first-order valence-corrected chi connectivity index (χ1v) is 15.1.